The van der Waals surface area contributed by atoms with E-state index in [-0.39, 0.29) is 11.2 Å². The summed E-state index contributed by atoms with van der Waals surface area (Å²) in [5.41, 5.74) is 0.432. The van der Waals surface area contributed by atoms with Gasteiger partial charge in [-0.05, 0) is 13.3 Å². The zero-order chi connectivity index (χ0) is 8.85. The van der Waals surface area contributed by atoms with E-state index in [0.29, 0.717) is 12.2 Å². The summed E-state index contributed by atoms with van der Waals surface area (Å²) in [4.78, 5) is 10.8. The third-order valence-corrected chi connectivity index (χ3v) is 1.74. The third kappa shape index (κ3) is 4.90. The topological polar surface area (TPSA) is 26.3 Å². The van der Waals surface area contributed by atoms with E-state index >= 15 is 0 Å². The summed E-state index contributed by atoms with van der Waals surface area (Å²) in [5.74, 6) is -0.336. The van der Waals surface area contributed by atoms with E-state index in [1.807, 2.05) is 6.92 Å². The molecule has 11 heavy (non-hydrogen) atoms. The van der Waals surface area contributed by atoms with Gasteiger partial charge in [-0.25, -0.2) is 4.79 Å². The number of hydrogen-bond donors (Lipinski definition) is 1. The predicted molar refractivity (Wildman–Crippen MR) is 48.8 cm³/mol. The molecule has 1 atom stereocenters. The lowest BCUT2D eigenvalue weighted by atomic mass is 10.3. The van der Waals surface area contributed by atoms with Crippen molar-refractivity contribution in [2.45, 2.75) is 25.5 Å². The Morgan fingerprint density at radius 2 is 2.27 bits per heavy atom. The SMILES string of the molecule is C=C(C)C(=O)OCC(S)CC. The molecule has 0 aromatic carbocycles. The van der Waals surface area contributed by atoms with Crippen LogP contribution in [0, 0.1) is 0 Å². The van der Waals surface area contributed by atoms with E-state index in [0.717, 1.165) is 6.42 Å². The summed E-state index contributed by atoms with van der Waals surface area (Å²) in [5, 5.41) is 0.137. The zero-order valence-corrected chi connectivity index (χ0v) is 7.86. The summed E-state index contributed by atoms with van der Waals surface area (Å²) < 4.78 is 4.84. The molecule has 0 saturated carbocycles. The molecule has 0 aromatic heterocycles. The van der Waals surface area contributed by atoms with Crippen LogP contribution in [0.2, 0.25) is 0 Å². The second kappa shape index (κ2) is 5.24. The number of hydrogen-bond acceptors (Lipinski definition) is 3. The van der Waals surface area contributed by atoms with Crippen molar-refractivity contribution < 1.29 is 9.53 Å². The van der Waals surface area contributed by atoms with Crippen LogP contribution in [0.1, 0.15) is 20.3 Å². The Balaban J connectivity index is 3.54. The number of ether oxygens (including phenoxy) is 1. The first-order valence-electron chi connectivity index (χ1n) is 3.58. The molecule has 0 fully saturated rings. The summed E-state index contributed by atoms with van der Waals surface area (Å²) in [7, 11) is 0. The van der Waals surface area contributed by atoms with Gasteiger partial charge in [0.2, 0.25) is 0 Å². The summed E-state index contributed by atoms with van der Waals surface area (Å²) in [6.07, 6.45) is 0.895. The van der Waals surface area contributed by atoms with Crippen LogP contribution in [0.5, 0.6) is 0 Å². The Morgan fingerprint density at radius 3 is 2.64 bits per heavy atom. The van der Waals surface area contributed by atoms with Crippen molar-refractivity contribution in [3.8, 4) is 0 Å². The van der Waals surface area contributed by atoms with Crippen LogP contribution in [-0.2, 0) is 9.53 Å². The van der Waals surface area contributed by atoms with E-state index in [1.165, 1.54) is 0 Å². The summed E-state index contributed by atoms with van der Waals surface area (Å²) in [6.45, 7) is 7.44. The average molecular weight is 174 g/mol. The van der Waals surface area contributed by atoms with Gasteiger partial charge in [0.15, 0.2) is 0 Å². The molecule has 3 heteroatoms. The number of carbonyl (C=O) groups is 1. The van der Waals surface area contributed by atoms with E-state index in [9.17, 15) is 4.79 Å². The van der Waals surface area contributed by atoms with Gasteiger partial charge in [0.05, 0.1) is 0 Å². The smallest absolute Gasteiger partial charge is 0.333 e. The number of rotatable bonds is 4. The number of thiol groups is 1. The highest BCUT2D eigenvalue weighted by Crippen LogP contribution is 2.02. The molecule has 2 nitrogen and oxygen atoms in total. The van der Waals surface area contributed by atoms with Gasteiger partial charge in [0.25, 0.3) is 0 Å². The maximum Gasteiger partial charge on any atom is 0.333 e. The lowest BCUT2D eigenvalue weighted by Gasteiger charge is -2.07. The highest BCUT2D eigenvalue weighted by Gasteiger charge is 2.05. The van der Waals surface area contributed by atoms with E-state index in [1.54, 1.807) is 6.92 Å². The molecule has 0 aliphatic carbocycles. The zero-order valence-electron chi connectivity index (χ0n) is 6.96. The molecule has 64 valence electrons. The first-order chi connectivity index (χ1) is 5.07. The van der Waals surface area contributed by atoms with Crippen LogP contribution in [0.4, 0.5) is 0 Å². The minimum atomic E-state index is -0.336. The minimum Gasteiger partial charge on any atom is -0.461 e. The summed E-state index contributed by atoms with van der Waals surface area (Å²) in [6, 6.07) is 0. The van der Waals surface area contributed by atoms with Crippen molar-refractivity contribution >= 4 is 18.6 Å². The van der Waals surface area contributed by atoms with Crippen LogP contribution in [0.15, 0.2) is 12.2 Å². The van der Waals surface area contributed by atoms with Crippen molar-refractivity contribution in [2.75, 3.05) is 6.61 Å². The van der Waals surface area contributed by atoms with Crippen LogP contribution in [-0.4, -0.2) is 17.8 Å². The molecule has 0 aliphatic heterocycles. The van der Waals surface area contributed by atoms with Crippen molar-refractivity contribution in [1.82, 2.24) is 0 Å². The Bertz CT molecular complexity index is 154. The van der Waals surface area contributed by atoms with Gasteiger partial charge in [-0.2, -0.15) is 12.6 Å². The van der Waals surface area contributed by atoms with Gasteiger partial charge in [-0.15, -0.1) is 0 Å². The number of esters is 1. The van der Waals surface area contributed by atoms with Crippen molar-refractivity contribution in [1.29, 1.82) is 0 Å². The molecule has 0 N–H and O–H groups in total. The fourth-order valence-electron chi connectivity index (χ4n) is 0.413. The Morgan fingerprint density at radius 1 is 1.73 bits per heavy atom. The maximum absolute atomic E-state index is 10.8. The molecule has 0 amide bonds. The molecule has 0 aromatic rings. The van der Waals surface area contributed by atoms with E-state index < -0.39 is 0 Å². The normalized spacial score (nSPS) is 12.3. The van der Waals surface area contributed by atoms with Crippen LogP contribution < -0.4 is 0 Å². The van der Waals surface area contributed by atoms with Crippen molar-refractivity contribution in [2.24, 2.45) is 0 Å². The molecule has 1 unspecified atom stereocenters. The van der Waals surface area contributed by atoms with Gasteiger partial charge in [-0.3, -0.25) is 0 Å². The lowest BCUT2D eigenvalue weighted by Crippen LogP contribution is -2.13. The van der Waals surface area contributed by atoms with E-state index in [4.69, 9.17) is 4.74 Å². The highest BCUT2D eigenvalue weighted by molar-refractivity contribution is 7.81. The Kier molecular flexibility index (Phi) is 5.03. The fraction of sp³-hybridized carbons (Fsp3) is 0.625. The largest absolute Gasteiger partial charge is 0.461 e. The van der Waals surface area contributed by atoms with Crippen molar-refractivity contribution in [3.63, 3.8) is 0 Å². The quantitative estimate of drug-likeness (QED) is 0.400. The molecule has 0 bridgehead atoms. The number of carbonyl (C=O) groups excluding carboxylic acids is 1. The van der Waals surface area contributed by atoms with Crippen molar-refractivity contribution in [3.05, 3.63) is 12.2 Å². The molecule has 0 spiro atoms. The summed E-state index contributed by atoms with van der Waals surface area (Å²) >= 11 is 4.17. The second-order valence-corrected chi connectivity index (χ2v) is 3.17. The third-order valence-electron chi connectivity index (χ3n) is 1.23. The van der Waals surface area contributed by atoms with Gasteiger partial charge < -0.3 is 4.74 Å². The maximum atomic E-state index is 10.8. The average Bonchev–Trinajstić information content (AvgIpc) is 1.99. The standard InChI is InChI=1S/C8H14O2S/c1-4-7(11)5-10-8(9)6(2)3/h7,11H,2,4-5H2,1,3H3. The van der Waals surface area contributed by atoms with E-state index in [2.05, 4.69) is 19.2 Å². The second-order valence-electron chi connectivity index (χ2n) is 2.44. The molecule has 0 heterocycles. The van der Waals surface area contributed by atoms with Gasteiger partial charge in [0, 0.05) is 10.8 Å². The van der Waals surface area contributed by atoms with Crippen LogP contribution in [0.3, 0.4) is 0 Å². The molecule has 0 aliphatic rings. The fourth-order valence-corrected chi connectivity index (χ4v) is 0.487. The van der Waals surface area contributed by atoms with Gasteiger partial charge >= 0.3 is 5.97 Å². The Hall–Kier alpha value is -0.440. The minimum absolute atomic E-state index is 0.137. The molecule has 0 radical (unpaired) electrons. The van der Waals surface area contributed by atoms with Crippen LogP contribution in [0.25, 0.3) is 0 Å². The highest BCUT2D eigenvalue weighted by atomic mass is 32.1. The monoisotopic (exact) mass is 174 g/mol. The Labute approximate surface area is 73.0 Å². The molecule has 0 rings (SSSR count). The molecular formula is C8H14O2S. The van der Waals surface area contributed by atoms with Gasteiger partial charge in [0.1, 0.15) is 6.61 Å². The first kappa shape index (κ1) is 10.6. The predicted octanol–water partition coefficient (Wildman–Crippen LogP) is 1.81. The molecule has 0 saturated heterocycles. The van der Waals surface area contributed by atoms with Gasteiger partial charge in [-0.1, -0.05) is 13.5 Å². The van der Waals surface area contributed by atoms with Crippen LogP contribution >= 0.6 is 12.6 Å². The first-order valence-corrected chi connectivity index (χ1v) is 4.10. The molecular weight excluding hydrogens is 160 g/mol. The lowest BCUT2D eigenvalue weighted by molar-refractivity contribution is -0.138.